The summed E-state index contributed by atoms with van der Waals surface area (Å²) < 4.78 is 0. The number of hydrogen-bond donors (Lipinski definition) is 1. The first-order valence-corrected chi connectivity index (χ1v) is 6.09. The molecule has 0 heterocycles. The molecule has 0 aliphatic carbocycles. The van der Waals surface area contributed by atoms with Crippen molar-refractivity contribution in [3.05, 3.63) is 12.2 Å². The minimum absolute atomic E-state index is 0.253. The minimum Gasteiger partial charge on any atom is -0.478 e. The first-order valence-electron chi connectivity index (χ1n) is 6.09. The van der Waals surface area contributed by atoms with E-state index in [-0.39, 0.29) is 5.91 Å². The number of hydrogen-bond acceptors (Lipinski definition) is 2. The number of amides is 1. The van der Waals surface area contributed by atoms with Gasteiger partial charge < -0.3 is 10.0 Å². The first kappa shape index (κ1) is 15.7. The van der Waals surface area contributed by atoms with Crippen LogP contribution in [0.4, 0.5) is 0 Å². The second-order valence-corrected chi connectivity index (χ2v) is 4.67. The zero-order valence-corrected chi connectivity index (χ0v) is 11.0. The van der Waals surface area contributed by atoms with Crippen molar-refractivity contribution in [1.82, 2.24) is 4.90 Å². The highest BCUT2D eigenvalue weighted by atomic mass is 16.4. The number of nitrogens with zero attached hydrogens (tertiary/aromatic N) is 1. The van der Waals surface area contributed by atoms with E-state index in [1.165, 1.54) is 12.8 Å². The summed E-state index contributed by atoms with van der Waals surface area (Å²) in [6.07, 6.45) is 6.45. The van der Waals surface area contributed by atoms with E-state index in [0.717, 1.165) is 30.9 Å². The van der Waals surface area contributed by atoms with E-state index in [9.17, 15) is 9.59 Å². The van der Waals surface area contributed by atoms with Crippen LogP contribution in [0, 0.1) is 5.92 Å². The summed E-state index contributed by atoms with van der Waals surface area (Å²) in [5, 5.41) is 8.38. The van der Waals surface area contributed by atoms with E-state index >= 15 is 0 Å². The van der Waals surface area contributed by atoms with Gasteiger partial charge in [-0.05, 0) is 12.3 Å². The Morgan fingerprint density at radius 3 is 2.35 bits per heavy atom. The summed E-state index contributed by atoms with van der Waals surface area (Å²) in [6.45, 7) is 5.08. The molecule has 0 atom stereocenters. The highest BCUT2D eigenvalue weighted by Crippen LogP contribution is 2.08. The number of carboxylic acids is 1. The van der Waals surface area contributed by atoms with E-state index < -0.39 is 5.97 Å². The standard InChI is InChI=1S/C13H23NO3/c1-11(2)7-5-4-6-10-14(3)12(15)8-9-13(16)17/h8-9,11H,4-7,10H2,1-3H3,(H,16,17)/b9-8+. The van der Waals surface area contributed by atoms with Gasteiger partial charge in [-0.2, -0.15) is 0 Å². The molecule has 0 fully saturated rings. The SMILES string of the molecule is CC(C)CCCCCN(C)C(=O)/C=C/C(=O)O. The molecule has 0 rings (SSSR count). The van der Waals surface area contributed by atoms with Gasteiger partial charge in [-0.25, -0.2) is 4.79 Å². The van der Waals surface area contributed by atoms with Gasteiger partial charge in [0, 0.05) is 25.7 Å². The van der Waals surface area contributed by atoms with Crippen molar-refractivity contribution in [3.63, 3.8) is 0 Å². The zero-order valence-electron chi connectivity index (χ0n) is 11.0. The van der Waals surface area contributed by atoms with Gasteiger partial charge in [-0.1, -0.05) is 33.1 Å². The number of carbonyl (C=O) groups is 2. The molecule has 0 spiro atoms. The summed E-state index contributed by atoms with van der Waals surface area (Å²) in [7, 11) is 1.69. The van der Waals surface area contributed by atoms with Crippen molar-refractivity contribution < 1.29 is 14.7 Å². The lowest BCUT2D eigenvalue weighted by atomic mass is 10.1. The highest BCUT2D eigenvalue weighted by molar-refractivity contribution is 5.93. The largest absolute Gasteiger partial charge is 0.478 e. The Kier molecular flexibility index (Phi) is 8.11. The Morgan fingerprint density at radius 1 is 1.18 bits per heavy atom. The van der Waals surface area contributed by atoms with Gasteiger partial charge >= 0.3 is 5.97 Å². The third kappa shape index (κ3) is 9.60. The van der Waals surface area contributed by atoms with Gasteiger partial charge in [-0.3, -0.25) is 4.79 Å². The van der Waals surface area contributed by atoms with Crippen LogP contribution in [-0.2, 0) is 9.59 Å². The van der Waals surface area contributed by atoms with E-state index in [0.29, 0.717) is 6.54 Å². The van der Waals surface area contributed by atoms with E-state index in [1.807, 2.05) is 0 Å². The Hall–Kier alpha value is -1.32. The van der Waals surface area contributed by atoms with Crippen LogP contribution in [0.5, 0.6) is 0 Å². The van der Waals surface area contributed by atoms with E-state index in [2.05, 4.69) is 13.8 Å². The second kappa shape index (κ2) is 8.79. The molecule has 0 aromatic carbocycles. The fourth-order valence-corrected chi connectivity index (χ4v) is 1.46. The van der Waals surface area contributed by atoms with E-state index in [4.69, 9.17) is 5.11 Å². The normalized spacial score (nSPS) is 11.1. The average molecular weight is 241 g/mol. The predicted octanol–water partition coefficient (Wildman–Crippen LogP) is 2.30. The fourth-order valence-electron chi connectivity index (χ4n) is 1.46. The van der Waals surface area contributed by atoms with Gasteiger partial charge in [0.1, 0.15) is 0 Å². The quantitative estimate of drug-likeness (QED) is 0.524. The zero-order chi connectivity index (χ0) is 13.3. The van der Waals surface area contributed by atoms with Crippen LogP contribution >= 0.6 is 0 Å². The van der Waals surface area contributed by atoms with Gasteiger partial charge in [-0.15, -0.1) is 0 Å². The van der Waals surface area contributed by atoms with Crippen LogP contribution in [0.1, 0.15) is 39.5 Å². The van der Waals surface area contributed by atoms with Crippen LogP contribution in [0.3, 0.4) is 0 Å². The average Bonchev–Trinajstić information content (AvgIpc) is 2.24. The summed E-state index contributed by atoms with van der Waals surface area (Å²) in [4.78, 5) is 23.2. The molecule has 17 heavy (non-hydrogen) atoms. The lowest BCUT2D eigenvalue weighted by Gasteiger charge is -2.14. The first-order chi connectivity index (χ1) is 7.93. The van der Waals surface area contributed by atoms with Crippen LogP contribution in [0.2, 0.25) is 0 Å². The molecule has 0 saturated heterocycles. The van der Waals surface area contributed by atoms with Crippen molar-refractivity contribution >= 4 is 11.9 Å². The molecule has 0 saturated carbocycles. The molecule has 4 nitrogen and oxygen atoms in total. The van der Waals surface area contributed by atoms with Gasteiger partial charge in [0.25, 0.3) is 0 Å². The Balaban J connectivity index is 3.68. The van der Waals surface area contributed by atoms with Crippen molar-refractivity contribution in [2.45, 2.75) is 39.5 Å². The third-order valence-electron chi connectivity index (χ3n) is 2.52. The molecule has 1 N–H and O–H groups in total. The van der Waals surface area contributed by atoms with Crippen LogP contribution in [0.25, 0.3) is 0 Å². The number of unbranched alkanes of at least 4 members (excludes halogenated alkanes) is 2. The van der Waals surface area contributed by atoms with E-state index in [1.54, 1.807) is 11.9 Å². The number of carboxylic acid groups (broad SMARTS) is 1. The van der Waals surface area contributed by atoms with Crippen LogP contribution in [-0.4, -0.2) is 35.5 Å². The van der Waals surface area contributed by atoms with Crippen LogP contribution < -0.4 is 0 Å². The van der Waals surface area contributed by atoms with Crippen molar-refractivity contribution in [3.8, 4) is 0 Å². The lowest BCUT2D eigenvalue weighted by molar-refractivity contribution is -0.132. The number of aliphatic carboxylic acids is 1. The smallest absolute Gasteiger partial charge is 0.328 e. The molecule has 0 unspecified atom stereocenters. The molecule has 0 aromatic rings. The highest BCUT2D eigenvalue weighted by Gasteiger charge is 2.04. The molecule has 98 valence electrons. The Labute approximate surface area is 103 Å². The monoisotopic (exact) mass is 241 g/mol. The van der Waals surface area contributed by atoms with Gasteiger partial charge in [0.05, 0.1) is 0 Å². The lowest BCUT2D eigenvalue weighted by Crippen LogP contribution is -2.26. The van der Waals surface area contributed by atoms with Gasteiger partial charge in [0.2, 0.25) is 5.91 Å². The molecule has 0 bridgehead atoms. The van der Waals surface area contributed by atoms with Gasteiger partial charge in [0.15, 0.2) is 0 Å². The summed E-state index contributed by atoms with van der Waals surface area (Å²) in [6, 6.07) is 0. The second-order valence-electron chi connectivity index (χ2n) is 4.67. The number of rotatable bonds is 8. The van der Waals surface area contributed by atoms with Crippen molar-refractivity contribution in [2.24, 2.45) is 5.92 Å². The minimum atomic E-state index is -1.09. The maximum absolute atomic E-state index is 11.4. The third-order valence-corrected chi connectivity index (χ3v) is 2.52. The molecular weight excluding hydrogens is 218 g/mol. The topological polar surface area (TPSA) is 57.6 Å². The maximum Gasteiger partial charge on any atom is 0.328 e. The molecule has 1 amide bonds. The number of likely N-dealkylation sites (N-methyl/N-ethyl adjacent to an activating group) is 1. The predicted molar refractivity (Wildman–Crippen MR) is 67.7 cm³/mol. The Morgan fingerprint density at radius 2 is 1.82 bits per heavy atom. The fraction of sp³-hybridized carbons (Fsp3) is 0.692. The molecule has 0 radical (unpaired) electrons. The summed E-state index contributed by atoms with van der Waals surface area (Å²) in [5.41, 5.74) is 0. The summed E-state index contributed by atoms with van der Waals surface area (Å²) >= 11 is 0. The maximum atomic E-state index is 11.4. The summed E-state index contributed by atoms with van der Waals surface area (Å²) in [5.74, 6) is -0.618. The molecule has 0 aliphatic heterocycles. The van der Waals surface area contributed by atoms with Crippen molar-refractivity contribution in [1.29, 1.82) is 0 Å². The molecular formula is C13H23NO3. The molecule has 0 aromatic heterocycles. The molecule has 4 heteroatoms. The molecule has 0 aliphatic rings. The Bertz CT molecular complexity index is 272. The van der Waals surface area contributed by atoms with Crippen molar-refractivity contribution in [2.75, 3.05) is 13.6 Å². The number of carbonyl (C=O) groups excluding carboxylic acids is 1. The van der Waals surface area contributed by atoms with Crippen LogP contribution in [0.15, 0.2) is 12.2 Å².